The topological polar surface area (TPSA) is 66.0 Å². The second-order valence-electron chi connectivity index (χ2n) is 4.07. The number of methoxy groups -OCH3 is 3. The van der Waals surface area contributed by atoms with E-state index in [-0.39, 0.29) is 18.4 Å². The van der Waals surface area contributed by atoms with Crippen LogP contribution in [0.4, 0.5) is 4.79 Å². The average Bonchev–Trinajstić information content (AvgIpc) is 2.45. The van der Waals surface area contributed by atoms with E-state index in [4.69, 9.17) is 18.9 Å². The lowest BCUT2D eigenvalue weighted by atomic mass is 10.0. The van der Waals surface area contributed by atoms with E-state index in [9.17, 15) is 4.79 Å². The molecule has 0 bridgehead atoms. The summed E-state index contributed by atoms with van der Waals surface area (Å²) in [6.07, 6.45) is 0.223. The Balaban J connectivity index is 0.00000200. The van der Waals surface area contributed by atoms with Gasteiger partial charge in [-0.3, -0.25) is 0 Å². The fourth-order valence-electron chi connectivity index (χ4n) is 2.12. The summed E-state index contributed by atoms with van der Waals surface area (Å²) in [6, 6.07) is 3.33. The Morgan fingerprint density at radius 1 is 1.15 bits per heavy atom. The summed E-state index contributed by atoms with van der Waals surface area (Å²) in [5.74, 6) is 1.86. The van der Waals surface area contributed by atoms with Gasteiger partial charge in [-0.25, -0.2) is 4.79 Å². The second-order valence-corrected chi connectivity index (χ2v) is 4.07. The summed E-state index contributed by atoms with van der Waals surface area (Å²) in [5, 5.41) is 2.76. The zero-order valence-corrected chi connectivity index (χ0v) is 12.4. The summed E-state index contributed by atoms with van der Waals surface area (Å²) in [5.41, 5.74) is 0.794. The van der Waals surface area contributed by atoms with Crippen LogP contribution in [0, 0.1) is 0 Å². The average molecular weight is 304 g/mol. The molecule has 6 nitrogen and oxygen atoms in total. The molecule has 1 saturated heterocycles. The number of hydrogen-bond donors (Lipinski definition) is 1. The molecule has 0 unspecified atom stereocenters. The molecule has 0 aromatic heterocycles. The van der Waals surface area contributed by atoms with Crippen LogP contribution in [-0.4, -0.2) is 34.0 Å². The molecule has 0 aliphatic carbocycles. The molecule has 0 radical (unpaired) electrons. The zero-order chi connectivity index (χ0) is 13.8. The maximum absolute atomic E-state index is 11.3. The van der Waals surface area contributed by atoms with Crippen LogP contribution in [-0.2, 0) is 4.74 Å². The van der Waals surface area contributed by atoms with Crippen molar-refractivity contribution in [3.63, 3.8) is 0 Å². The molecule has 1 amide bonds. The first kappa shape index (κ1) is 16.2. The maximum atomic E-state index is 11.3. The van der Waals surface area contributed by atoms with Crippen LogP contribution in [0.15, 0.2) is 12.1 Å². The molecule has 1 atom stereocenters. The molecule has 0 saturated carbocycles. The number of cyclic esters (lactones) is 1. The smallest absolute Gasteiger partial charge is 0.407 e. The standard InChI is InChI=1S/C13H17NO5.ClH/c1-16-8-6-10(17-2)12(11(7-8)18-3)9-4-5-19-13(15)14-9;/h6-7,9H,4-5H2,1-3H3,(H,14,15);1H/t9-;/m0./s1. The highest BCUT2D eigenvalue weighted by molar-refractivity contribution is 5.85. The summed E-state index contributed by atoms with van der Waals surface area (Å²) >= 11 is 0. The van der Waals surface area contributed by atoms with Crippen molar-refractivity contribution in [2.45, 2.75) is 12.5 Å². The Labute approximate surface area is 123 Å². The van der Waals surface area contributed by atoms with Gasteiger partial charge in [0.05, 0.1) is 39.5 Å². The normalized spacial score (nSPS) is 17.4. The highest BCUT2D eigenvalue weighted by Gasteiger charge is 2.27. The Hall–Kier alpha value is -1.82. The Morgan fingerprint density at radius 3 is 2.20 bits per heavy atom. The van der Waals surface area contributed by atoms with E-state index in [1.807, 2.05) is 0 Å². The number of hydrogen-bond acceptors (Lipinski definition) is 5. The van der Waals surface area contributed by atoms with Gasteiger partial charge in [-0.1, -0.05) is 0 Å². The molecule has 1 N–H and O–H groups in total. The minimum atomic E-state index is -0.434. The number of alkyl carbamates (subject to hydrolysis) is 1. The lowest BCUT2D eigenvalue weighted by molar-refractivity contribution is 0.114. The predicted octanol–water partition coefficient (Wildman–Crippen LogP) is 2.31. The first-order chi connectivity index (χ1) is 9.19. The highest BCUT2D eigenvalue weighted by atomic mass is 35.5. The number of carbonyl (C=O) groups excluding carboxylic acids is 1. The molecule has 1 aromatic rings. The predicted molar refractivity (Wildman–Crippen MR) is 75.2 cm³/mol. The SMILES string of the molecule is COc1cc(OC)c([C@@H]2CCOC(=O)N2)c(OC)c1.Cl. The van der Waals surface area contributed by atoms with Crippen molar-refractivity contribution in [2.24, 2.45) is 0 Å². The molecular weight excluding hydrogens is 286 g/mol. The molecule has 2 rings (SSSR count). The van der Waals surface area contributed by atoms with Gasteiger partial charge in [0.25, 0.3) is 0 Å². The summed E-state index contributed by atoms with van der Waals surface area (Å²) < 4.78 is 20.8. The minimum absolute atomic E-state index is 0. The molecule has 1 aliphatic rings. The third-order valence-electron chi connectivity index (χ3n) is 3.03. The van der Waals surface area contributed by atoms with Gasteiger partial charge in [-0.15, -0.1) is 12.4 Å². The summed E-state index contributed by atoms with van der Waals surface area (Å²) in [6.45, 7) is 0.370. The van der Waals surface area contributed by atoms with Gasteiger partial charge < -0.3 is 24.3 Å². The molecule has 1 aromatic carbocycles. The van der Waals surface area contributed by atoms with Crippen molar-refractivity contribution in [3.8, 4) is 17.2 Å². The lowest BCUT2D eigenvalue weighted by Crippen LogP contribution is -2.35. The molecule has 1 heterocycles. The number of nitrogens with one attached hydrogen (secondary N) is 1. The van der Waals surface area contributed by atoms with Crippen LogP contribution in [0.3, 0.4) is 0 Å². The molecule has 7 heteroatoms. The van der Waals surface area contributed by atoms with E-state index < -0.39 is 6.09 Å². The van der Waals surface area contributed by atoms with E-state index in [1.54, 1.807) is 33.5 Å². The summed E-state index contributed by atoms with van der Waals surface area (Å²) in [4.78, 5) is 11.3. The monoisotopic (exact) mass is 303 g/mol. The number of rotatable bonds is 4. The lowest BCUT2D eigenvalue weighted by Gasteiger charge is -2.26. The van der Waals surface area contributed by atoms with Crippen molar-refractivity contribution in [3.05, 3.63) is 17.7 Å². The van der Waals surface area contributed by atoms with Gasteiger partial charge in [0.1, 0.15) is 17.2 Å². The van der Waals surface area contributed by atoms with Crippen LogP contribution in [0.1, 0.15) is 18.0 Å². The third-order valence-corrected chi connectivity index (χ3v) is 3.03. The Morgan fingerprint density at radius 2 is 1.75 bits per heavy atom. The first-order valence-corrected chi connectivity index (χ1v) is 5.92. The van der Waals surface area contributed by atoms with E-state index in [0.29, 0.717) is 30.3 Å². The molecule has 1 aliphatic heterocycles. The maximum Gasteiger partial charge on any atom is 0.407 e. The van der Waals surface area contributed by atoms with Gasteiger partial charge in [0, 0.05) is 18.6 Å². The van der Waals surface area contributed by atoms with E-state index in [0.717, 1.165) is 5.56 Å². The fourth-order valence-corrected chi connectivity index (χ4v) is 2.12. The van der Waals surface area contributed by atoms with Gasteiger partial charge in [-0.05, 0) is 0 Å². The largest absolute Gasteiger partial charge is 0.496 e. The number of ether oxygens (including phenoxy) is 4. The van der Waals surface area contributed by atoms with Crippen LogP contribution in [0.5, 0.6) is 17.2 Å². The number of carbonyl (C=O) groups is 1. The number of amides is 1. The van der Waals surface area contributed by atoms with Gasteiger partial charge in [0.2, 0.25) is 0 Å². The fraction of sp³-hybridized carbons (Fsp3) is 0.462. The number of benzene rings is 1. The van der Waals surface area contributed by atoms with Crippen molar-refractivity contribution in [1.82, 2.24) is 5.32 Å². The van der Waals surface area contributed by atoms with Gasteiger partial charge in [0.15, 0.2) is 0 Å². The molecule has 112 valence electrons. The quantitative estimate of drug-likeness (QED) is 0.924. The van der Waals surface area contributed by atoms with E-state index in [1.165, 1.54) is 0 Å². The van der Waals surface area contributed by atoms with E-state index in [2.05, 4.69) is 5.32 Å². The zero-order valence-electron chi connectivity index (χ0n) is 11.6. The third kappa shape index (κ3) is 3.19. The van der Waals surface area contributed by atoms with Crippen LogP contribution in [0.25, 0.3) is 0 Å². The Kier molecular flexibility index (Phi) is 5.76. The van der Waals surface area contributed by atoms with E-state index >= 15 is 0 Å². The Bertz CT molecular complexity index is 455. The highest BCUT2D eigenvalue weighted by Crippen LogP contribution is 2.40. The minimum Gasteiger partial charge on any atom is -0.496 e. The molecular formula is C13H18ClNO5. The van der Waals surface area contributed by atoms with Gasteiger partial charge in [-0.2, -0.15) is 0 Å². The summed E-state index contributed by atoms with van der Waals surface area (Å²) in [7, 11) is 4.71. The van der Waals surface area contributed by atoms with Crippen molar-refractivity contribution >= 4 is 18.5 Å². The van der Waals surface area contributed by atoms with Crippen LogP contribution in [0.2, 0.25) is 0 Å². The van der Waals surface area contributed by atoms with Crippen molar-refractivity contribution in [1.29, 1.82) is 0 Å². The molecule has 1 fully saturated rings. The van der Waals surface area contributed by atoms with Crippen LogP contribution >= 0.6 is 12.4 Å². The molecule has 20 heavy (non-hydrogen) atoms. The van der Waals surface area contributed by atoms with Gasteiger partial charge >= 0.3 is 6.09 Å². The van der Waals surface area contributed by atoms with Crippen LogP contribution < -0.4 is 19.5 Å². The molecule has 0 spiro atoms. The number of halogens is 1. The first-order valence-electron chi connectivity index (χ1n) is 5.92. The second kappa shape index (κ2) is 7.09. The van der Waals surface area contributed by atoms with Crippen molar-refractivity contribution < 1.29 is 23.7 Å². The van der Waals surface area contributed by atoms with Crippen molar-refractivity contribution in [2.75, 3.05) is 27.9 Å².